The maximum absolute atomic E-state index is 13.4. The first kappa shape index (κ1) is 57.9. The van der Waals surface area contributed by atoms with Gasteiger partial charge in [-0.3, -0.25) is 9.18 Å². The number of nitrogens with zero attached hydrogens (tertiary/aromatic N) is 3. The zero-order valence-corrected chi connectivity index (χ0v) is 50.7. The summed E-state index contributed by atoms with van der Waals surface area (Å²) in [6, 6.07) is 23.8. The van der Waals surface area contributed by atoms with E-state index in [0.29, 0.717) is 24.4 Å². The van der Waals surface area contributed by atoms with Gasteiger partial charge in [0.15, 0.2) is 16.6 Å². The van der Waals surface area contributed by atoms with Crippen molar-refractivity contribution in [2.45, 2.75) is 191 Å². The molecular weight excluding hydrogens is 1140 g/mol. The van der Waals surface area contributed by atoms with Crippen molar-refractivity contribution < 1.29 is 21.5 Å². The zero-order valence-electron chi connectivity index (χ0n) is 43.6. The van der Waals surface area contributed by atoms with Gasteiger partial charge in [-0.1, -0.05) is 140 Å². The molecule has 0 spiro atoms. The fourth-order valence-corrected chi connectivity index (χ4v) is 14.4. The summed E-state index contributed by atoms with van der Waals surface area (Å²) in [5, 5.41) is 0.303. The van der Waals surface area contributed by atoms with Crippen LogP contribution in [0.3, 0.4) is 0 Å². The number of rotatable bonds is 16. The Hall–Kier alpha value is -2.00. The molecular formula is C56H83I2N3O5SSi2. The van der Waals surface area contributed by atoms with Crippen molar-refractivity contribution in [3.63, 3.8) is 0 Å². The maximum Gasteiger partial charge on any atom is 0.297 e. The summed E-state index contributed by atoms with van der Waals surface area (Å²) in [4.78, 5) is 8.40. The predicted molar refractivity (Wildman–Crippen MR) is 310 cm³/mol. The van der Waals surface area contributed by atoms with Gasteiger partial charge in [0.2, 0.25) is 0 Å². The van der Waals surface area contributed by atoms with Gasteiger partial charge in [0, 0.05) is 32.2 Å². The Kier molecular flexibility index (Phi) is 22.1. The molecule has 8 nitrogen and oxygen atoms in total. The molecule has 2 fully saturated rings. The van der Waals surface area contributed by atoms with E-state index >= 15 is 0 Å². The van der Waals surface area contributed by atoms with Crippen LogP contribution in [0.1, 0.15) is 147 Å². The zero-order chi connectivity index (χ0) is 50.5. The number of benzene rings is 3. The van der Waals surface area contributed by atoms with Crippen LogP contribution >= 0.6 is 45.2 Å². The van der Waals surface area contributed by atoms with Crippen LogP contribution in [0.5, 0.6) is 0 Å². The van der Waals surface area contributed by atoms with E-state index in [1.165, 1.54) is 60.5 Å². The molecule has 7 rings (SSSR count). The lowest BCUT2D eigenvalue weighted by atomic mass is 9.82. The SMILES string of the molecule is C1=CCN=C1.CC(C)(C)[Si](C)(C)O[C@H](C[C@@H](c1ccccc1I)n1ccnc1)C1CCCCC1.Cc1ccc(S(=O)(=O)O[C@H](C[C@@H](O[Si](C)(C)C(C)(C)C)C2CCCCC2)c2ccccc2I)cc1. The molecule has 3 aromatic carbocycles. The Labute approximate surface area is 447 Å². The largest absolute Gasteiger partial charge is 0.414 e. The monoisotopic (exact) mass is 1220 g/mol. The van der Waals surface area contributed by atoms with Gasteiger partial charge in [0.25, 0.3) is 10.1 Å². The molecule has 0 saturated heterocycles. The second-order valence-corrected chi connectivity index (χ2v) is 35.9. The lowest BCUT2D eigenvalue weighted by Crippen LogP contribution is -2.46. The number of hydrogen-bond donors (Lipinski definition) is 0. The van der Waals surface area contributed by atoms with Crippen LogP contribution in [0, 0.1) is 25.9 Å². The van der Waals surface area contributed by atoms with E-state index in [1.807, 2.05) is 68.0 Å². The summed E-state index contributed by atoms with van der Waals surface area (Å²) in [6.07, 6.45) is 25.6. The number of allylic oxidation sites excluding steroid dienone is 1. The van der Waals surface area contributed by atoms with Gasteiger partial charge in [-0.2, -0.15) is 8.42 Å². The van der Waals surface area contributed by atoms with E-state index in [2.05, 4.69) is 158 Å². The van der Waals surface area contributed by atoms with Crippen LogP contribution in [0.25, 0.3) is 0 Å². The Morgan fingerprint density at radius 2 is 1.19 bits per heavy atom. The van der Waals surface area contributed by atoms with E-state index in [1.54, 1.807) is 18.3 Å². The summed E-state index contributed by atoms with van der Waals surface area (Å²) >= 11 is 4.76. The van der Waals surface area contributed by atoms with Crippen molar-refractivity contribution in [2.24, 2.45) is 16.8 Å². The maximum atomic E-state index is 13.4. The topological polar surface area (TPSA) is 92.0 Å². The van der Waals surface area contributed by atoms with E-state index in [0.717, 1.165) is 40.5 Å². The highest BCUT2D eigenvalue weighted by Crippen LogP contribution is 2.45. The van der Waals surface area contributed by atoms with Crippen LogP contribution in [0.15, 0.2) is 114 Å². The molecule has 4 atom stereocenters. The van der Waals surface area contributed by atoms with Crippen molar-refractivity contribution in [2.75, 3.05) is 6.54 Å². The molecule has 2 heterocycles. The molecule has 0 amide bonds. The van der Waals surface area contributed by atoms with Crippen LogP contribution in [-0.4, -0.2) is 59.6 Å². The smallest absolute Gasteiger partial charge is 0.297 e. The number of aliphatic imine (C=N–C) groups is 1. The van der Waals surface area contributed by atoms with Gasteiger partial charge >= 0.3 is 0 Å². The second-order valence-electron chi connectivity index (χ2n) is 22.5. The average Bonchev–Trinajstić information content (AvgIpc) is 4.07. The molecule has 1 aliphatic heterocycles. The van der Waals surface area contributed by atoms with Crippen molar-refractivity contribution >= 4 is 78.1 Å². The lowest BCUT2D eigenvalue weighted by Gasteiger charge is -2.43. The summed E-state index contributed by atoms with van der Waals surface area (Å²) in [5.41, 5.74) is 3.30. The second kappa shape index (κ2) is 26.3. The van der Waals surface area contributed by atoms with E-state index < -0.39 is 32.9 Å². The van der Waals surface area contributed by atoms with Gasteiger partial charge in [-0.15, -0.1) is 0 Å². The normalized spacial score (nSPS) is 18.1. The van der Waals surface area contributed by atoms with Crippen molar-refractivity contribution in [1.82, 2.24) is 9.55 Å². The predicted octanol–water partition coefficient (Wildman–Crippen LogP) is 16.5. The number of halogens is 2. The summed E-state index contributed by atoms with van der Waals surface area (Å²) < 4.78 is 51.6. The Balaban J connectivity index is 0.000000236. The van der Waals surface area contributed by atoms with Gasteiger partial charge in [-0.25, -0.2) is 4.98 Å². The molecule has 4 aromatic rings. The van der Waals surface area contributed by atoms with Gasteiger partial charge in [0.1, 0.15) is 6.10 Å². The Morgan fingerprint density at radius 1 is 0.696 bits per heavy atom. The molecule has 2 saturated carbocycles. The number of hydrogen-bond acceptors (Lipinski definition) is 7. The lowest BCUT2D eigenvalue weighted by molar-refractivity contribution is 0.0482. The molecule has 69 heavy (non-hydrogen) atoms. The fourth-order valence-electron chi connectivity index (χ4n) is 9.01. The molecule has 0 bridgehead atoms. The first-order chi connectivity index (χ1) is 32.5. The Bertz CT molecular complexity index is 2320. The minimum Gasteiger partial charge on any atom is -0.414 e. The standard InChI is InChI=1S/C28H41IO4SSi.C24H37IN2OSi.C4H5N/c1-21-16-18-23(19-17-21)34(30,31)32-27(24-14-10-11-15-25(24)29)20-26(22-12-8-7-9-13-22)33-35(5,6)28(2,3)4;1-24(2,3)29(4,5)28-23(19-11-7-6-8-12-19)17-22(27-16-15-26-18-27)20-13-9-10-14-21(20)25;1-2-4-5-3-1/h10-11,14-19,22,26-27H,7-9,12-13,20H2,1-6H3;9-10,13-16,18-19,22-23H,6-8,11-12,17H2,1-5H3;1-3H,4H2/t26-,27-;22-,23+;/m10./s1. The third kappa shape index (κ3) is 17.3. The quantitative estimate of drug-likeness (QED) is 0.0630. The highest BCUT2D eigenvalue weighted by atomic mass is 127. The minimum absolute atomic E-state index is 0.0367. The first-order valence-corrected chi connectivity index (χ1v) is 34.8. The summed E-state index contributed by atoms with van der Waals surface area (Å²) in [7, 11) is -7.85. The van der Waals surface area contributed by atoms with Crippen LogP contribution < -0.4 is 0 Å². The van der Waals surface area contributed by atoms with Crippen LogP contribution in [0.2, 0.25) is 36.3 Å². The van der Waals surface area contributed by atoms with E-state index in [4.69, 9.17) is 13.0 Å². The molecule has 0 unspecified atom stereocenters. The molecule has 3 aliphatic rings. The van der Waals surface area contributed by atoms with Crippen molar-refractivity contribution in [3.05, 3.63) is 128 Å². The number of imidazole rings is 1. The van der Waals surface area contributed by atoms with Crippen molar-refractivity contribution in [3.8, 4) is 0 Å². The summed E-state index contributed by atoms with van der Waals surface area (Å²) in [6.45, 7) is 26.0. The van der Waals surface area contributed by atoms with Crippen molar-refractivity contribution in [1.29, 1.82) is 0 Å². The molecule has 2 aliphatic carbocycles. The van der Waals surface area contributed by atoms with Gasteiger partial charge in [-0.05, 0) is 174 Å². The summed E-state index contributed by atoms with van der Waals surface area (Å²) in [5.74, 6) is 1.10. The number of aromatic nitrogens is 2. The highest BCUT2D eigenvalue weighted by Gasteiger charge is 2.43. The van der Waals surface area contributed by atoms with E-state index in [-0.39, 0.29) is 27.1 Å². The average molecular weight is 1220 g/mol. The first-order valence-electron chi connectivity index (χ1n) is 25.5. The van der Waals surface area contributed by atoms with Gasteiger partial charge < -0.3 is 13.4 Å². The number of aryl methyl sites for hydroxylation is 1. The molecule has 0 radical (unpaired) electrons. The van der Waals surface area contributed by atoms with Crippen LogP contribution in [0.4, 0.5) is 0 Å². The molecule has 0 N–H and O–H groups in total. The minimum atomic E-state index is -3.94. The van der Waals surface area contributed by atoms with E-state index in [9.17, 15) is 8.42 Å². The molecule has 13 heteroatoms. The third-order valence-electron chi connectivity index (χ3n) is 15.2. The molecule has 1 aromatic heterocycles. The van der Waals surface area contributed by atoms with Crippen LogP contribution in [-0.2, 0) is 23.2 Å². The third-order valence-corrected chi connectivity index (χ3v) is 27.6. The highest BCUT2D eigenvalue weighted by molar-refractivity contribution is 14.1. The fraction of sp³-hybridized carbons (Fsp3) is 0.571. The Morgan fingerprint density at radius 3 is 1.61 bits per heavy atom. The molecule has 380 valence electrons. The van der Waals surface area contributed by atoms with Gasteiger partial charge in [0.05, 0.1) is 36.0 Å².